The highest BCUT2D eigenvalue weighted by Crippen LogP contribution is 2.73. The molecule has 82 valence electrons. The van der Waals surface area contributed by atoms with Crippen LogP contribution < -0.4 is 0 Å². The molecular weight excluding hydrogens is 238 g/mol. The average molecular weight is 246 g/mol. The van der Waals surface area contributed by atoms with E-state index in [9.17, 15) is 26.3 Å². The zero-order valence-corrected chi connectivity index (χ0v) is 8.07. The molecule has 0 aromatic heterocycles. The Hall–Kier alpha value is 0.280. The Balaban J connectivity index is 2.76. The lowest BCUT2D eigenvalue weighted by molar-refractivity contribution is -0.0398. The summed E-state index contributed by atoms with van der Waals surface area (Å²) in [7, 11) is -5.60. The molecule has 0 amide bonds. The second kappa shape index (κ2) is 3.45. The van der Waals surface area contributed by atoms with Crippen molar-refractivity contribution in [3.63, 3.8) is 0 Å². The van der Waals surface area contributed by atoms with Crippen molar-refractivity contribution in [3.05, 3.63) is 0 Å². The van der Waals surface area contributed by atoms with Crippen LogP contribution in [0.4, 0.5) is 26.3 Å². The van der Waals surface area contributed by atoms with Gasteiger partial charge in [-0.2, -0.15) is 26.3 Å². The number of halogens is 6. The van der Waals surface area contributed by atoms with Gasteiger partial charge in [-0.3, -0.25) is 0 Å². The summed E-state index contributed by atoms with van der Waals surface area (Å²) in [5.41, 5.74) is -9.24. The first-order chi connectivity index (χ1) is 5.73. The van der Waals surface area contributed by atoms with Crippen LogP contribution in [-0.2, 0) is 0 Å². The maximum Gasteiger partial charge on any atom is 0.430 e. The van der Waals surface area contributed by atoms with Gasteiger partial charge in [0.2, 0.25) is 0 Å². The SMILES string of the molecule is FC(F)(F)[SH]1CCC[SH]1C(F)(F)F. The van der Waals surface area contributed by atoms with Gasteiger partial charge in [-0.15, -0.1) is 19.9 Å². The molecule has 1 aliphatic heterocycles. The minimum Gasteiger partial charge on any atom is -0.161 e. The molecule has 1 fully saturated rings. The molecule has 0 aliphatic carbocycles. The third kappa shape index (κ3) is 2.61. The second-order valence-electron chi connectivity index (χ2n) is 2.54. The molecule has 0 aromatic rings. The van der Waals surface area contributed by atoms with Crippen LogP contribution in [0.2, 0.25) is 0 Å². The van der Waals surface area contributed by atoms with Gasteiger partial charge in [-0.25, -0.2) is 0 Å². The summed E-state index contributed by atoms with van der Waals surface area (Å²) in [6.07, 6.45) is 0.0659. The Morgan fingerprint density at radius 2 is 1.00 bits per heavy atom. The van der Waals surface area contributed by atoms with Gasteiger partial charge >= 0.3 is 11.0 Å². The van der Waals surface area contributed by atoms with Crippen molar-refractivity contribution >= 4 is 19.9 Å². The standard InChI is InChI=1S/C5H8F6S2/c6-4(7,8)12-2-1-3-13(12)5(9,10)11/h12-13H,1-3H2. The van der Waals surface area contributed by atoms with E-state index in [1.807, 2.05) is 0 Å². The van der Waals surface area contributed by atoms with Crippen molar-refractivity contribution in [2.75, 3.05) is 11.5 Å². The summed E-state index contributed by atoms with van der Waals surface area (Å²) in [5.74, 6) is -0.603. The molecule has 0 N–H and O–H groups in total. The monoisotopic (exact) mass is 246 g/mol. The number of hydrogen-bond acceptors (Lipinski definition) is 0. The molecule has 1 heterocycles. The van der Waals surface area contributed by atoms with Crippen LogP contribution in [0.25, 0.3) is 0 Å². The van der Waals surface area contributed by atoms with Gasteiger partial charge < -0.3 is 0 Å². The Morgan fingerprint density at radius 1 is 0.692 bits per heavy atom. The van der Waals surface area contributed by atoms with Crippen LogP contribution in [0.15, 0.2) is 0 Å². The first kappa shape index (κ1) is 11.4. The van der Waals surface area contributed by atoms with Gasteiger partial charge in [0.1, 0.15) is 0 Å². The molecule has 0 radical (unpaired) electrons. The van der Waals surface area contributed by atoms with Gasteiger partial charge in [0.25, 0.3) is 0 Å². The zero-order valence-electron chi connectivity index (χ0n) is 6.28. The average Bonchev–Trinajstić information content (AvgIpc) is 2.27. The van der Waals surface area contributed by atoms with Crippen molar-refractivity contribution in [1.82, 2.24) is 0 Å². The lowest BCUT2D eigenvalue weighted by atomic mass is 10.6. The van der Waals surface area contributed by atoms with Crippen LogP contribution >= 0.6 is 19.9 Å². The van der Waals surface area contributed by atoms with Crippen molar-refractivity contribution in [1.29, 1.82) is 0 Å². The fourth-order valence-corrected chi connectivity index (χ4v) is 7.78. The normalized spacial score (nSPS) is 36.5. The quantitative estimate of drug-likeness (QED) is 0.365. The molecule has 2 unspecified atom stereocenters. The highest BCUT2D eigenvalue weighted by molar-refractivity contribution is 8.93. The lowest BCUT2D eigenvalue weighted by Gasteiger charge is -2.30. The molecule has 0 spiro atoms. The Kier molecular flexibility index (Phi) is 3.01. The maximum absolute atomic E-state index is 12.1. The maximum atomic E-state index is 12.1. The van der Waals surface area contributed by atoms with E-state index in [1.54, 1.807) is 0 Å². The first-order valence-electron chi connectivity index (χ1n) is 3.41. The molecule has 2 atom stereocenters. The van der Waals surface area contributed by atoms with Gasteiger partial charge in [-0.1, -0.05) is 0 Å². The van der Waals surface area contributed by atoms with Gasteiger partial charge in [0.05, 0.1) is 0 Å². The van der Waals surface area contributed by atoms with E-state index in [0.29, 0.717) is 0 Å². The third-order valence-electron chi connectivity index (χ3n) is 1.62. The molecule has 0 nitrogen and oxygen atoms in total. The van der Waals surface area contributed by atoms with Crippen molar-refractivity contribution in [2.45, 2.75) is 17.4 Å². The van der Waals surface area contributed by atoms with Crippen LogP contribution in [0.1, 0.15) is 6.42 Å². The zero-order chi connectivity index (χ0) is 10.3. The fourth-order valence-electron chi connectivity index (χ4n) is 1.14. The van der Waals surface area contributed by atoms with E-state index in [-0.39, 0.29) is 17.9 Å². The minimum atomic E-state index is -4.62. The smallest absolute Gasteiger partial charge is 0.161 e. The molecule has 13 heavy (non-hydrogen) atoms. The number of hydrogen-bond donors (Lipinski definition) is 2. The van der Waals surface area contributed by atoms with E-state index in [0.717, 1.165) is 0 Å². The number of alkyl halides is 6. The lowest BCUT2D eigenvalue weighted by Crippen LogP contribution is -2.15. The summed E-state index contributed by atoms with van der Waals surface area (Å²) < 4.78 is 72.5. The summed E-state index contributed by atoms with van der Waals surface area (Å²) in [4.78, 5) is 0. The molecule has 8 heteroatoms. The van der Waals surface area contributed by atoms with E-state index in [4.69, 9.17) is 0 Å². The Labute approximate surface area is 75.8 Å². The Morgan fingerprint density at radius 3 is 1.23 bits per heavy atom. The minimum absolute atomic E-state index is 0.0659. The van der Waals surface area contributed by atoms with Gasteiger partial charge in [-0.05, 0) is 17.9 Å². The largest absolute Gasteiger partial charge is 0.430 e. The molecule has 0 bridgehead atoms. The number of rotatable bonds is 0. The van der Waals surface area contributed by atoms with Crippen molar-refractivity contribution < 1.29 is 26.3 Å². The first-order valence-corrected chi connectivity index (χ1v) is 7.17. The van der Waals surface area contributed by atoms with Gasteiger partial charge in [0.15, 0.2) is 0 Å². The van der Waals surface area contributed by atoms with Crippen LogP contribution in [0.5, 0.6) is 0 Å². The summed E-state index contributed by atoms with van der Waals surface area (Å²) in [6, 6.07) is 0. The van der Waals surface area contributed by atoms with Crippen molar-refractivity contribution in [2.24, 2.45) is 0 Å². The predicted molar refractivity (Wildman–Crippen MR) is 44.4 cm³/mol. The molecular formula is C5H8F6S2. The van der Waals surface area contributed by atoms with Gasteiger partial charge in [0, 0.05) is 0 Å². The van der Waals surface area contributed by atoms with Crippen LogP contribution in [0.3, 0.4) is 0 Å². The van der Waals surface area contributed by atoms with E-state index in [2.05, 4.69) is 0 Å². The molecule has 0 saturated carbocycles. The van der Waals surface area contributed by atoms with E-state index >= 15 is 0 Å². The molecule has 1 rings (SSSR count). The summed E-state index contributed by atoms with van der Waals surface area (Å²) in [6.45, 7) is 0. The second-order valence-corrected chi connectivity index (χ2v) is 8.94. The summed E-state index contributed by atoms with van der Waals surface area (Å²) in [5, 5.41) is 0. The highest BCUT2D eigenvalue weighted by Gasteiger charge is 2.51. The Bertz CT molecular complexity index is 164. The number of thiol groups is 2. The van der Waals surface area contributed by atoms with E-state index < -0.39 is 30.9 Å². The topological polar surface area (TPSA) is 0 Å². The predicted octanol–water partition coefficient (Wildman–Crippen LogP) is 3.35. The summed E-state index contributed by atoms with van der Waals surface area (Å²) >= 11 is 0. The fraction of sp³-hybridized carbons (Fsp3) is 1.00. The van der Waals surface area contributed by atoms with Crippen LogP contribution in [-0.4, -0.2) is 22.5 Å². The molecule has 0 aromatic carbocycles. The molecule has 1 aliphatic rings. The molecule has 1 saturated heterocycles. The van der Waals surface area contributed by atoms with Crippen LogP contribution in [0, 0.1) is 0 Å². The van der Waals surface area contributed by atoms with E-state index in [1.165, 1.54) is 0 Å². The van der Waals surface area contributed by atoms with Crippen molar-refractivity contribution in [3.8, 4) is 0 Å². The highest BCUT2D eigenvalue weighted by atomic mass is 33.2. The third-order valence-corrected chi connectivity index (χ3v) is 9.16.